The summed E-state index contributed by atoms with van der Waals surface area (Å²) in [5.74, 6) is -0.343. The summed E-state index contributed by atoms with van der Waals surface area (Å²) in [4.78, 5) is 2.33. The highest BCUT2D eigenvalue weighted by molar-refractivity contribution is 6.31. The lowest BCUT2D eigenvalue weighted by molar-refractivity contribution is 0.352. The Morgan fingerprint density at radius 2 is 1.67 bits per heavy atom. The van der Waals surface area contributed by atoms with Crippen LogP contribution in [-0.4, -0.2) is 18.0 Å². The Labute approximate surface area is 148 Å². The van der Waals surface area contributed by atoms with Gasteiger partial charge < -0.3 is 4.90 Å². The summed E-state index contributed by atoms with van der Waals surface area (Å²) >= 11 is 6.33. The van der Waals surface area contributed by atoms with Crippen molar-refractivity contribution in [3.63, 3.8) is 0 Å². The molecule has 126 valence electrons. The van der Waals surface area contributed by atoms with Gasteiger partial charge in [0.1, 0.15) is 5.82 Å². The van der Waals surface area contributed by atoms with Crippen molar-refractivity contribution in [3.8, 4) is 11.1 Å². The lowest BCUT2D eigenvalue weighted by Gasteiger charge is -2.25. The van der Waals surface area contributed by atoms with Crippen LogP contribution in [-0.2, 0) is 6.42 Å². The first-order valence-corrected chi connectivity index (χ1v) is 8.99. The summed E-state index contributed by atoms with van der Waals surface area (Å²) in [7, 11) is 0. The molecule has 1 fully saturated rings. The summed E-state index contributed by atoms with van der Waals surface area (Å²) < 4.78 is 14.7. The van der Waals surface area contributed by atoms with E-state index in [4.69, 9.17) is 11.6 Å². The number of allylic oxidation sites excluding steroid dienone is 1. The first-order valence-electron chi connectivity index (χ1n) is 8.62. The summed E-state index contributed by atoms with van der Waals surface area (Å²) in [5.41, 5.74) is 3.23. The van der Waals surface area contributed by atoms with Crippen molar-refractivity contribution >= 4 is 11.6 Å². The van der Waals surface area contributed by atoms with Gasteiger partial charge in [0.2, 0.25) is 0 Å². The van der Waals surface area contributed by atoms with Crippen molar-refractivity contribution in [2.24, 2.45) is 0 Å². The van der Waals surface area contributed by atoms with Gasteiger partial charge in [0.15, 0.2) is 0 Å². The predicted octanol–water partition coefficient (Wildman–Crippen LogP) is 6.08. The van der Waals surface area contributed by atoms with Crippen molar-refractivity contribution in [1.29, 1.82) is 0 Å². The third-order valence-electron chi connectivity index (χ3n) is 4.69. The van der Waals surface area contributed by atoms with Gasteiger partial charge >= 0.3 is 0 Å². The van der Waals surface area contributed by atoms with Gasteiger partial charge in [0, 0.05) is 30.8 Å². The van der Waals surface area contributed by atoms with Gasteiger partial charge in [-0.25, -0.2) is 4.39 Å². The van der Waals surface area contributed by atoms with Crippen LogP contribution in [0.25, 0.3) is 11.1 Å². The molecule has 0 spiro atoms. The van der Waals surface area contributed by atoms with Gasteiger partial charge in [-0.2, -0.15) is 0 Å². The van der Waals surface area contributed by atoms with E-state index in [1.807, 2.05) is 42.5 Å². The van der Waals surface area contributed by atoms with E-state index in [2.05, 4.69) is 11.5 Å². The molecular formula is C21H23ClFN. The van der Waals surface area contributed by atoms with Crippen molar-refractivity contribution in [1.82, 2.24) is 4.90 Å². The Morgan fingerprint density at radius 3 is 2.33 bits per heavy atom. The standard InChI is InChI=1S/C21H23ClFN/c1-16(24-13-7-2-3-8-14-24)15-18-11-12-19(21(23)20(18)22)17-9-5-4-6-10-17/h4-6,9-12H,1-3,7-8,13-15H2. The second-order valence-electron chi connectivity index (χ2n) is 6.41. The lowest BCUT2D eigenvalue weighted by Crippen LogP contribution is -2.24. The molecule has 0 unspecified atom stereocenters. The minimum Gasteiger partial charge on any atom is -0.375 e. The predicted molar refractivity (Wildman–Crippen MR) is 99.7 cm³/mol. The molecular weight excluding hydrogens is 321 g/mol. The van der Waals surface area contributed by atoms with Crippen molar-refractivity contribution in [3.05, 3.63) is 71.1 Å². The average molecular weight is 344 g/mol. The molecule has 0 bridgehead atoms. The normalized spacial score (nSPS) is 15.2. The zero-order valence-corrected chi connectivity index (χ0v) is 14.7. The van der Waals surface area contributed by atoms with Crippen molar-refractivity contribution in [2.75, 3.05) is 13.1 Å². The van der Waals surface area contributed by atoms with Gasteiger partial charge in [0.05, 0.1) is 5.02 Å². The first-order chi connectivity index (χ1) is 11.7. The third kappa shape index (κ3) is 3.81. The monoisotopic (exact) mass is 343 g/mol. The summed E-state index contributed by atoms with van der Waals surface area (Å²) in [6, 6.07) is 13.3. The fourth-order valence-electron chi connectivity index (χ4n) is 3.29. The second kappa shape index (κ2) is 7.85. The van der Waals surface area contributed by atoms with E-state index in [-0.39, 0.29) is 10.8 Å². The van der Waals surface area contributed by atoms with Crippen LogP contribution in [0.4, 0.5) is 4.39 Å². The fraction of sp³-hybridized carbons (Fsp3) is 0.333. The first kappa shape index (κ1) is 17.0. The van der Waals surface area contributed by atoms with E-state index >= 15 is 0 Å². The van der Waals surface area contributed by atoms with Crippen LogP contribution in [0, 0.1) is 5.82 Å². The zero-order valence-electron chi connectivity index (χ0n) is 13.9. The molecule has 1 aliphatic rings. The van der Waals surface area contributed by atoms with E-state index < -0.39 is 0 Å². The van der Waals surface area contributed by atoms with Gasteiger partial charge in [-0.3, -0.25) is 0 Å². The molecule has 0 aliphatic carbocycles. The maximum atomic E-state index is 14.7. The average Bonchev–Trinajstić information content (AvgIpc) is 2.89. The molecule has 24 heavy (non-hydrogen) atoms. The van der Waals surface area contributed by atoms with E-state index in [1.54, 1.807) is 0 Å². The number of likely N-dealkylation sites (tertiary alicyclic amines) is 1. The Balaban J connectivity index is 1.79. The quantitative estimate of drug-likeness (QED) is 0.650. The van der Waals surface area contributed by atoms with E-state index in [1.165, 1.54) is 25.7 Å². The van der Waals surface area contributed by atoms with Crippen molar-refractivity contribution < 1.29 is 4.39 Å². The fourth-order valence-corrected chi connectivity index (χ4v) is 3.52. The zero-order chi connectivity index (χ0) is 16.9. The molecule has 3 heteroatoms. The van der Waals surface area contributed by atoms with E-state index in [0.29, 0.717) is 12.0 Å². The molecule has 0 saturated carbocycles. The van der Waals surface area contributed by atoms with Gasteiger partial charge in [0.25, 0.3) is 0 Å². The molecule has 1 nitrogen and oxygen atoms in total. The molecule has 2 aromatic carbocycles. The number of rotatable bonds is 4. The molecule has 2 aromatic rings. The van der Waals surface area contributed by atoms with Gasteiger partial charge in [-0.1, -0.05) is 73.5 Å². The SMILES string of the molecule is C=C(Cc1ccc(-c2ccccc2)c(F)c1Cl)N1CCCCCC1. The number of hydrogen-bond donors (Lipinski definition) is 0. The number of halogens is 2. The van der Waals surface area contributed by atoms with Crippen LogP contribution in [0.3, 0.4) is 0 Å². The number of benzene rings is 2. The Kier molecular flexibility index (Phi) is 5.57. The number of nitrogens with zero attached hydrogens (tertiary/aromatic N) is 1. The Hall–Kier alpha value is -1.80. The molecule has 0 aromatic heterocycles. The summed E-state index contributed by atoms with van der Waals surface area (Å²) in [5, 5.41) is 0.215. The van der Waals surface area contributed by atoms with Gasteiger partial charge in [-0.05, 0) is 24.0 Å². The van der Waals surface area contributed by atoms with E-state index in [9.17, 15) is 4.39 Å². The smallest absolute Gasteiger partial charge is 0.149 e. The molecule has 0 radical (unpaired) electrons. The van der Waals surface area contributed by atoms with Crippen LogP contribution in [0.1, 0.15) is 31.2 Å². The highest BCUT2D eigenvalue weighted by atomic mass is 35.5. The second-order valence-corrected chi connectivity index (χ2v) is 6.79. The van der Waals surface area contributed by atoms with Crippen LogP contribution >= 0.6 is 11.6 Å². The van der Waals surface area contributed by atoms with Crippen LogP contribution in [0.15, 0.2) is 54.7 Å². The van der Waals surface area contributed by atoms with Crippen LogP contribution in [0.5, 0.6) is 0 Å². The molecule has 0 atom stereocenters. The summed E-state index contributed by atoms with van der Waals surface area (Å²) in [6.45, 7) is 6.30. The highest BCUT2D eigenvalue weighted by Gasteiger charge is 2.16. The molecule has 3 rings (SSSR count). The maximum Gasteiger partial charge on any atom is 0.149 e. The van der Waals surface area contributed by atoms with E-state index in [0.717, 1.165) is 29.9 Å². The molecule has 1 heterocycles. The van der Waals surface area contributed by atoms with Gasteiger partial charge in [-0.15, -0.1) is 0 Å². The minimum absolute atomic E-state index is 0.215. The number of hydrogen-bond acceptors (Lipinski definition) is 1. The largest absolute Gasteiger partial charge is 0.375 e. The highest BCUT2D eigenvalue weighted by Crippen LogP contribution is 2.31. The molecule has 0 amide bonds. The Bertz CT molecular complexity index is 703. The molecule has 1 saturated heterocycles. The summed E-state index contributed by atoms with van der Waals surface area (Å²) in [6.07, 6.45) is 5.57. The van der Waals surface area contributed by atoms with Crippen LogP contribution in [0.2, 0.25) is 5.02 Å². The Morgan fingerprint density at radius 1 is 1.00 bits per heavy atom. The lowest BCUT2D eigenvalue weighted by atomic mass is 10.0. The van der Waals surface area contributed by atoms with Crippen molar-refractivity contribution in [2.45, 2.75) is 32.1 Å². The third-order valence-corrected chi connectivity index (χ3v) is 5.10. The topological polar surface area (TPSA) is 3.24 Å². The van der Waals surface area contributed by atoms with Crippen LogP contribution < -0.4 is 0 Å². The maximum absolute atomic E-state index is 14.7. The minimum atomic E-state index is -0.343. The molecule has 1 aliphatic heterocycles. The molecule has 0 N–H and O–H groups in total.